The maximum atomic E-state index is 10.8. The Balaban J connectivity index is 2.07. The van der Waals surface area contributed by atoms with E-state index in [4.69, 9.17) is 5.73 Å². The van der Waals surface area contributed by atoms with Gasteiger partial charge in [-0.3, -0.25) is 4.79 Å². The third-order valence-corrected chi connectivity index (χ3v) is 2.81. The van der Waals surface area contributed by atoms with E-state index in [0.29, 0.717) is 11.5 Å². The summed E-state index contributed by atoms with van der Waals surface area (Å²) in [5.74, 6) is 0.0543. The number of aromatic nitrogens is 2. The summed E-state index contributed by atoms with van der Waals surface area (Å²) in [4.78, 5) is 18.9. The second-order valence-electron chi connectivity index (χ2n) is 4.20. The van der Waals surface area contributed by atoms with Crippen LogP contribution in [0.3, 0.4) is 0 Å². The van der Waals surface area contributed by atoms with Crippen LogP contribution in [0.15, 0.2) is 12.4 Å². The minimum atomic E-state index is -0.503. The van der Waals surface area contributed by atoms with Crippen molar-refractivity contribution in [2.45, 2.75) is 31.7 Å². The molecule has 0 aliphatic heterocycles. The molecule has 0 saturated heterocycles. The molecule has 0 unspecified atom stereocenters. The van der Waals surface area contributed by atoms with Crippen molar-refractivity contribution in [3.05, 3.63) is 18.0 Å². The van der Waals surface area contributed by atoms with Crippen molar-refractivity contribution in [3.63, 3.8) is 0 Å². The lowest BCUT2D eigenvalue weighted by atomic mass is 9.79. The lowest BCUT2D eigenvalue weighted by molar-refractivity contribution is 0.0999. The molecule has 1 aliphatic rings. The summed E-state index contributed by atoms with van der Waals surface area (Å²) in [6.07, 6.45) is 6.39. The van der Waals surface area contributed by atoms with E-state index in [2.05, 4.69) is 22.2 Å². The van der Waals surface area contributed by atoms with Crippen LogP contribution >= 0.6 is 0 Å². The molecule has 0 radical (unpaired) electrons. The molecule has 1 aromatic rings. The molecular weight excluding hydrogens is 192 g/mol. The first-order valence-electron chi connectivity index (χ1n) is 4.99. The number of carbonyl (C=O) groups is 1. The van der Waals surface area contributed by atoms with Gasteiger partial charge < -0.3 is 11.1 Å². The van der Waals surface area contributed by atoms with Crippen LogP contribution in [0.2, 0.25) is 0 Å². The highest BCUT2D eigenvalue weighted by Crippen LogP contribution is 2.33. The molecule has 1 aliphatic carbocycles. The minimum absolute atomic E-state index is 0.119. The summed E-state index contributed by atoms with van der Waals surface area (Å²) >= 11 is 0. The Hall–Kier alpha value is -1.65. The zero-order valence-electron chi connectivity index (χ0n) is 8.66. The summed E-state index contributed by atoms with van der Waals surface area (Å²) < 4.78 is 0. The smallest absolute Gasteiger partial charge is 0.251 e. The molecule has 1 saturated carbocycles. The van der Waals surface area contributed by atoms with Crippen LogP contribution in [-0.2, 0) is 0 Å². The Labute approximate surface area is 88.1 Å². The van der Waals surface area contributed by atoms with Crippen molar-refractivity contribution in [2.75, 3.05) is 5.32 Å². The number of nitrogens with zero attached hydrogens (tertiary/aromatic N) is 2. The van der Waals surface area contributed by atoms with Crippen LogP contribution in [-0.4, -0.2) is 21.4 Å². The summed E-state index contributed by atoms with van der Waals surface area (Å²) in [5, 5.41) is 3.25. The Morgan fingerprint density at radius 3 is 2.47 bits per heavy atom. The van der Waals surface area contributed by atoms with Crippen LogP contribution < -0.4 is 11.1 Å². The third-order valence-electron chi connectivity index (χ3n) is 2.81. The predicted molar refractivity (Wildman–Crippen MR) is 56.4 cm³/mol. The second-order valence-corrected chi connectivity index (χ2v) is 4.20. The van der Waals surface area contributed by atoms with Gasteiger partial charge in [-0.2, -0.15) is 0 Å². The molecule has 80 valence electrons. The molecule has 0 bridgehead atoms. The molecule has 3 N–H and O–H groups in total. The number of nitrogens with two attached hydrogens (primary N) is 1. The number of hydrogen-bond acceptors (Lipinski definition) is 4. The summed E-state index contributed by atoms with van der Waals surface area (Å²) in [7, 11) is 0. The zero-order valence-corrected chi connectivity index (χ0v) is 8.66. The Morgan fingerprint density at radius 2 is 2.07 bits per heavy atom. The van der Waals surface area contributed by atoms with Gasteiger partial charge in [0.05, 0.1) is 5.56 Å². The van der Waals surface area contributed by atoms with E-state index in [9.17, 15) is 4.79 Å². The second kappa shape index (κ2) is 3.49. The topological polar surface area (TPSA) is 80.9 Å². The van der Waals surface area contributed by atoms with Gasteiger partial charge in [0.15, 0.2) is 0 Å². The minimum Gasteiger partial charge on any atom is -0.366 e. The Kier molecular flexibility index (Phi) is 2.30. The number of rotatable bonds is 3. The first-order valence-corrected chi connectivity index (χ1v) is 4.99. The molecule has 1 fully saturated rings. The SMILES string of the molecule is CC1(Nc2ncc(C(N)=O)cn2)CCC1. The fourth-order valence-electron chi connectivity index (χ4n) is 1.62. The first-order chi connectivity index (χ1) is 7.09. The van der Waals surface area contributed by atoms with E-state index in [-0.39, 0.29) is 5.54 Å². The molecule has 1 heterocycles. The van der Waals surface area contributed by atoms with Crippen molar-refractivity contribution < 1.29 is 4.79 Å². The number of primary amides is 1. The van der Waals surface area contributed by atoms with Crippen molar-refractivity contribution in [1.29, 1.82) is 0 Å². The molecule has 5 heteroatoms. The van der Waals surface area contributed by atoms with Gasteiger partial charge in [-0.25, -0.2) is 9.97 Å². The standard InChI is InChI=1S/C10H14N4O/c1-10(3-2-4-10)14-9-12-5-7(6-13-9)8(11)15/h5-6H,2-4H2,1H3,(H2,11,15)(H,12,13,14). The average Bonchev–Trinajstić information content (AvgIpc) is 2.16. The summed E-state index contributed by atoms with van der Waals surface area (Å²) in [6.45, 7) is 2.14. The molecule has 1 aromatic heterocycles. The Morgan fingerprint density at radius 1 is 1.47 bits per heavy atom. The lowest BCUT2D eigenvalue weighted by Crippen LogP contribution is -2.42. The van der Waals surface area contributed by atoms with Crippen molar-refractivity contribution in [3.8, 4) is 0 Å². The molecule has 0 atom stereocenters. The van der Waals surface area contributed by atoms with Gasteiger partial charge >= 0.3 is 0 Å². The highest BCUT2D eigenvalue weighted by Gasteiger charge is 2.32. The molecule has 15 heavy (non-hydrogen) atoms. The van der Waals surface area contributed by atoms with Gasteiger partial charge in [-0.1, -0.05) is 0 Å². The maximum absolute atomic E-state index is 10.8. The van der Waals surface area contributed by atoms with Crippen molar-refractivity contribution in [1.82, 2.24) is 9.97 Å². The summed E-state index contributed by atoms with van der Waals surface area (Å²) in [5.41, 5.74) is 5.54. The molecule has 2 rings (SSSR count). The quantitative estimate of drug-likeness (QED) is 0.770. The van der Waals surface area contributed by atoms with Crippen molar-refractivity contribution in [2.24, 2.45) is 5.73 Å². The third kappa shape index (κ3) is 2.06. The van der Waals surface area contributed by atoms with Gasteiger partial charge in [0.1, 0.15) is 0 Å². The van der Waals surface area contributed by atoms with E-state index in [1.165, 1.54) is 18.8 Å². The fraction of sp³-hybridized carbons (Fsp3) is 0.500. The van der Waals surface area contributed by atoms with E-state index in [1.807, 2.05) is 0 Å². The van der Waals surface area contributed by atoms with Crippen molar-refractivity contribution >= 4 is 11.9 Å². The normalized spacial score (nSPS) is 17.9. The van der Waals surface area contributed by atoms with Crippen LogP contribution in [0.4, 0.5) is 5.95 Å². The molecule has 0 spiro atoms. The number of anilines is 1. The van der Waals surface area contributed by atoms with Crippen LogP contribution in [0.1, 0.15) is 36.5 Å². The van der Waals surface area contributed by atoms with E-state index < -0.39 is 5.91 Å². The number of carbonyl (C=O) groups excluding carboxylic acids is 1. The molecule has 0 aromatic carbocycles. The number of hydrogen-bond donors (Lipinski definition) is 2. The predicted octanol–water partition coefficient (Wildman–Crippen LogP) is 0.930. The van der Waals surface area contributed by atoms with Gasteiger partial charge in [0.2, 0.25) is 5.95 Å². The van der Waals surface area contributed by atoms with Crippen LogP contribution in [0.5, 0.6) is 0 Å². The molecule has 5 nitrogen and oxygen atoms in total. The lowest BCUT2D eigenvalue weighted by Gasteiger charge is -2.39. The highest BCUT2D eigenvalue weighted by molar-refractivity contribution is 5.92. The van der Waals surface area contributed by atoms with Gasteiger partial charge in [0, 0.05) is 17.9 Å². The maximum Gasteiger partial charge on any atom is 0.251 e. The highest BCUT2D eigenvalue weighted by atomic mass is 16.1. The number of nitrogens with one attached hydrogen (secondary N) is 1. The largest absolute Gasteiger partial charge is 0.366 e. The fourth-order valence-corrected chi connectivity index (χ4v) is 1.62. The molecular formula is C10H14N4O. The summed E-state index contributed by atoms with van der Waals surface area (Å²) in [6, 6.07) is 0. The number of amides is 1. The van der Waals surface area contributed by atoms with E-state index >= 15 is 0 Å². The zero-order chi connectivity index (χ0) is 10.9. The monoisotopic (exact) mass is 206 g/mol. The van der Waals surface area contributed by atoms with Gasteiger partial charge in [0.25, 0.3) is 5.91 Å². The first kappa shape index (κ1) is 9.89. The van der Waals surface area contributed by atoms with E-state index in [1.54, 1.807) is 0 Å². The Bertz CT molecular complexity index is 370. The van der Waals surface area contributed by atoms with E-state index in [0.717, 1.165) is 12.8 Å². The van der Waals surface area contributed by atoms with Crippen LogP contribution in [0.25, 0.3) is 0 Å². The van der Waals surface area contributed by atoms with Gasteiger partial charge in [-0.05, 0) is 26.2 Å². The van der Waals surface area contributed by atoms with Gasteiger partial charge in [-0.15, -0.1) is 0 Å². The molecule has 1 amide bonds. The van der Waals surface area contributed by atoms with Crippen LogP contribution in [0, 0.1) is 0 Å². The average molecular weight is 206 g/mol.